The van der Waals surface area contributed by atoms with E-state index in [0.29, 0.717) is 33.6 Å². The average molecular weight is 505 g/mol. The molecule has 0 radical (unpaired) electrons. The van der Waals surface area contributed by atoms with Crippen molar-refractivity contribution in [2.45, 2.75) is 39.5 Å². The topological polar surface area (TPSA) is 161 Å². The van der Waals surface area contributed by atoms with Gasteiger partial charge in [0.2, 0.25) is 0 Å². The number of nitrogens with zero attached hydrogens (tertiary/aromatic N) is 6. The Morgan fingerprint density at radius 1 is 0.917 bits per heavy atom. The molecule has 0 saturated carbocycles. The summed E-state index contributed by atoms with van der Waals surface area (Å²) in [6.07, 6.45) is 5.99. The molecule has 182 valence electrons. The Morgan fingerprint density at radius 3 is 1.92 bits per heavy atom. The molecule has 0 saturated heterocycles. The molecular weight excluding hydrogens is 484 g/mol. The summed E-state index contributed by atoms with van der Waals surface area (Å²) in [5.74, 6) is -0.0103. The van der Waals surface area contributed by atoms with E-state index in [0.717, 1.165) is 5.56 Å². The number of furan rings is 1. The summed E-state index contributed by atoms with van der Waals surface area (Å²) in [5, 5.41) is 23.5. The van der Waals surface area contributed by atoms with E-state index in [1.807, 2.05) is 39.8 Å². The maximum Gasteiger partial charge on any atom is 0.277 e. The Bertz CT molecular complexity index is 1770. The van der Waals surface area contributed by atoms with E-state index in [1.165, 1.54) is 27.7 Å². The van der Waals surface area contributed by atoms with Gasteiger partial charge in [0.1, 0.15) is 28.4 Å². The number of rotatable bonds is 3. The summed E-state index contributed by atoms with van der Waals surface area (Å²) >= 11 is 5.94. The van der Waals surface area contributed by atoms with Gasteiger partial charge in [-0.05, 0) is 17.9 Å². The van der Waals surface area contributed by atoms with E-state index in [4.69, 9.17) is 26.5 Å². The van der Waals surface area contributed by atoms with Crippen molar-refractivity contribution in [1.82, 2.24) is 29.2 Å². The first kappa shape index (κ1) is 24.5. The van der Waals surface area contributed by atoms with E-state index in [-0.39, 0.29) is 33.8 Å². The van der Waals surface area contributed by atoms with Gasteiger partial charge in [0, 0.05) is 23.5 Å². The van der Waals surface area contributed by atoms with Gasteiger partial charge >= 0.3 is 0 Å². The first-order chi connectivity index (χ1) is 17.2. The predicted molar refractivity (Wildman–Crippen MR) is 132 cm³/mol. The number of aromatic nitrogens is 6. The molecule has 5 aromatic heterocycles. The van der Waals surface area contributed by atoms with Gasteiger partial charge < -0.3 is 4.42 Å². The minimum atomic E-state index is -0.258. The molecule has 0 atom stereocenters. The molecule has 0 bridgehead atoms. The Morgan fingerprint density at radius 2 is 1.44 bits per heavy atom. The monoisotopic (exact) mass is 504 g/mol. The highest BCUT2D eigenvalue weighted by atomic mass is 35.5. The summed E-state index contributed by atoms with van der Waals surface area (Å²) in [6.45, 7) is 7.60. The van der Waals surface area contributed by atoms with Crippen LogP contribution in [0.15, 0.2) is 45.0 Å². The molecule has 5 rings (SSSR count). The second-order valence-corrected chi connectivity index (χ2v) is 8.90. The molecule has 11 nitrogen and oxygen atoms in total. The van der Waals surface area contributed by atoms with E-state index >= 15 is 0 Å². The Balaban J connectivity index is 0.000000174. The molecule has 0 aliphatic carbocycles. The van der Waals surface area contributed by atoms with Crippen LogP contribution < -0.4 is 11.1 Å². The van der Waals surface area contributed by atoms with Crippen molar-refractivity contribution in [2.75, 3.05) is 0 Å². The van der Waals surface area contributed by atoms with Crippen LogP contribution in [-0.2, 0) is 0 Å². The zero-order valence-corrected chi connectivity index (χ0v) is 20.6. The van der Waals surface area contributed by atoms with Crippen molar-refractivity contribution in [1.29, 1.82) is 10.5 Å². The summed E-state index contributed by atoms with van der Waals surface area (Å²) in [4.78, 5) is 33.1. The normalized spacial score (nSPS) is 11.0. The number of halogens is 1. The molecule has 0 spiro atoms. The highest BCUT2D eigenvalue weighted by Gasteiger charge is 2.20. The van der Waals surface area contributed by atoms with Crippen molar-refractivity contribution < 1.29 is 4.42 Å². The van der Waals surface area contributed by atoms with Crippen LogP contribution in [0, 0.1) is 22.7 Å². The lowest BCUT2D eigenvalue weighted by molar-refractivity contribution is 0.568. The molecule has 2 N–H and O–H groups in total. The molecule has 5 aromatic rings. The van der Waals surface area contributed by atoms with Gasteiger partial charge in [0.25, 0.3) is 11.1 Å². The first-order valence-electron chi connectivity index (χ1n) is 11.0. The van der Waals surface area contributed by atoms with Crippen molar-refractivity contribution in [3.8, 4) is 23.4 Å². The maximum atomic E-state index is 12.6. The Labute approximate surface area is 209 Å². The van der Waals surface area contributed by atoms with E-state index in [9.17, 15) is 9.59 Å². The zero-order valence-electron chi connectivity index (χ0n) is 19.8. The average Bonchev–Trinajstić information content (AvgIpc) is 3.58. The summed E-state index contributed by atoms with van der Waals surface area (Å²) in [6, 6.07) is 5.72. The van der Waals surface area contributed by atoms with Crippen LogP contribution in [0.2, 0.25) is 5.15 Å². The second-order valence-electron chi connectivity index (χ2n) is 8.54. The number of nitriles is 2. The molecule has 0 fully saturated rings. The minimum Gasteiger partial charge on any atom is -0.472 e. The fourth-order valence-corrected chi connectivity index (χ4v) is 4.20. The molecule has 0 aliphatic heterocycles. The lowest BCUT2D eigenvalue weighted by atomic mass is 10.00. The molecule has 0 amide bonds. The van der Waals surface area contributed by atoms with Crippen LogP contribution in [0.25, 0.3) is 22.6 Å². The number of fused-ring (bicyclic) bond motifs is 2. The Hall–Kier alpha value is -4.61. The van der Waals surface area contributed by atoms with Crippen molar-refractivity contribution in [3.05, 3.63) is 79.1 Å². The SMILES string of the molecule is CC(C)c1c(-c2ccoc2)nc2c(C#N)c[nH]n2c1=O.CC(C)c1c(Cl)nc2c(C#N)c[nH]n2c1=O. The lowest BCUT2D eigenvalue weighted by Crippen LogP contribution is -2.22. The van der Waals surface area contributed by atoms with Gasteiger partial charge in [-0.2, -0.15) is 15.0 Å². The molecular formula is C24H21ClN8O3. The molecule has 0 unspecified atom stereocenters. The summed E-state index contributed by atoms with van der Waals surface area (Å²) in [5.41, 5.74) is 3.12. The largest absolute Gasteiger partial charge is 0.472 e. The van der Waals surface area contributed by atoms with Gasteiger partial charge in [-0.1, -0.05) is 39.3 Å². The molecule has 0 aliphatic rings. The van der Waals surface area contributed by atoms with Gasteiger partial charge in [-0.3, -0.25) is 19.8 Å². The summed E-state index contributed by atoms with van der Waals surface area (Å²) < 4.78 is 7.61. The predicted octanol–water partition coefficient (Wildman–Crippen LogP) is 3.95. The van der Waals surface area contributed by atoms with Crippen molar-refractivity contribution in [2.24, 2.45) is 0 Å². The second kappa shape index (κ2) is 9.56. The number of hydrogen-bond donors (Lipinski definition) is 2. The lowest BCUT2D eigenvalue weighted by Gasteiger charge is -2.10. The fourth-order valence-electron chi connectivity index (χ4n) is 3.82. The third-order valence-electron chi connectivity index (χ3n) is 5.54. The molecule has 5 heterocycles. The van der Waals surface area contributed by atoms with Crippen LogP contribution >= 0.6 is 11.6 Å². The van der Waals surface area contributed by atoms with Gasteiger partial charge in [-0.15, -0.1) is 0 Å². The van der Waals surface area contributed by atoms with Gasteiger partial charge in [-0.25, -0.2) is 14.5 Å². The molecule has 0 aromatic carbocycles. The zero-order chi connectivity index (χ0) is 26.1. The van der Waals surface area contributed by atoms with Crippen LogP contribution in [0.1, 0.15) is 61.8 Å². The number of H-pyrrole nitrogens is 2. The van der Waals surface area contributed by atoms with Crippen LogP contribution in [0.4, 0.5) is 0 Å². The van der Waals surface area contributed by atoms with Crippen LogP contribution in [0.3, 0.4) is 0 Å². The smallest absolute Gasteiger partial charge is 0.277 e. The highest BCUT2D eigenvalue weighted by molar-refractivity contribution is 6.30. The number of aromatic amines is 2. The standard InChI is InChI=1S/C14H12N4O2.C10H9ClN4O/c1-8(2)11-12(9-3-4-20-7-9)17-13-10(5-15)6-16-18(13)14(11)19;1-5(2)7-8(11)14-9-6(3-12)4-13-15(9)10(7)16/h3-4,6-8,16H,1-2H3;4-5,13H,1-2H3. The fraction of sp³-hybridized carbons (Fsp3) is 0.250. The number of nitrogens with one attached hydrogen (secondary N) is 2. The van der Waals surface area contributed by atoms with E-state index < -0.39 is 0 Å². The molecule has 36 heavy (non-hydrogen) atoms. The molecule has 12 heteroatoms. The third kappa shape index (κ3) is 4.06. The van der Waals surface area contributed by atoms with Crippen molar-refractivity contribution in [3.63, 3.8) is 0 Å². The van der Waals surface area contributed by atoms with Gasteiger partial charge in [0.05, 0.1) is 23.8 Å². The maximum absolute atomic E-state index is 12.6. The minimum absolute atomic E-state index is 0.00522. The van der Waals surface area contributed by atoms with Gasteiger partial charge in [0.15, 0.2) is 11.3 Å². The van der Waals surface area contributed by atoms with E-state index in [2.05, 4.69) is 20.2 Å². The number of hydrogen-bond acceptors (Lipinski definition) is 7. The van der Waals surface area contributed by atoms with E-state index in [1.54, 1.807) is 12.3 Å². The third-order valence-corrected chi connectivity index (χ3v) is 5.83. The summed E-state index contributed by atoms with van der Waals surface area (Å²) in [7, 11) is 0. The highest BCUT2D eigenvalue weighted by Crippen LogP contribution is 2.26. The Kier molecular flexibility index (Phi) is 6.51. The quantitative estimate of drug-likeness (QED) is 0.351. The van der Waals surface area contributed by atoms with Crippen LogP contribution in [0.5, 0.6) is 0 Å². The first-order valence-corrected chi connectivity index (χ1v) is 11.3. The van der Waals surface area contributed by atoms with Crippen LogP contribution in [-0.4, -0.2) is 29.2 Å². The van der Waals surface area contributed by atoms with Crippen molar-refractivity contribution >= 4 is 22.9 Å².